The van der Waals surface area contributed by atoms with E-state index in [1.807, 2.05) is 74.0 Å². The van der Waals surface area contributed by atoms with Crippen molar-refractivity contribution < 1.29 is 9.59 Å². The maximum absolute atomic E-state index is 13.7. The molecule has 3 aromatic heterocycles. The van der Waals surface area contributed by atoms with Gasteiger partial charge in [0.1, 0.15) is 6.04 Å². The second-order valence-electron chi connectivity index (χ2n) is 9.38. The van der Waals surface area contributed by atoms with E-state index in [1.54, 1.807) is 17.5 Å². The molecule has 2 amide bonds. The lowest BCUT2D eigenvalue weighted by atomic mass is 10.0. The molecule has 5 rings (SSSR count). The molecule has 1 unspecified atom stereocenters. The van der Waals surface area contributed by atoms with Crippen molar-refractivity contribution in [3.63, 3.8) is 0 Å². The first-order valence-corrected chi connectivity index (χ1v) is 12.8. The monoisotopic (exact) mass is 487 g/mol. The van der Waals surface area contributed by atoms with E-state index in [2.05, 4.69) is 15.7 Å². The summed E-state index contributed by atoms with van der Waals surface area (Å²) in [5.74, 6) is -0.455. The third-order valence-electron chi connectivity index (χ3n) is 6.12. The number of fused-ring (bicyclic) bond motifs is 1. The summed E-state index contributed by atoms with van der Waals surface area (Å²) in [5, 5.41) is 11.2. The summed E-state index contributed by atoms with van der Waals surface area (Å²) in [6.45, 7) is 6.12. The van der Waals surface area contributed by atoms with Crippen LogP contribution in [-0.2, 0) is 11.2 Å². The number of amides is 2. The molecular weight excluding hydrogens is 458 g/mol. The zero-order valence-corrected chi connectivity index (χ0v) is 20.9. The molecule has 180 valence electrons. The molecule has 2 N–H and O–H groups in total. The molecule has 7 nitrogen and oxygen atoms in total. The van der Waals surface area contributed by atoms with Crippen LogP contribution < -0.4 is 10.6 Å². The fraction of sp³-hybridized carbons (Fsp3) is 0.333. The van der Waals surface area contributed by atoms with Crippen LogP contribution in [-0.4, -0.2) is 38.7 Å². The lowest BCUT2D eigenvalue weighted by molar-refractivity contribution is -0.123. The van der Waals surface area contributed by atoms with Crippen LogP contribution in [0.25, 0.3) is 21.6 Å². The number of hydrogen-bond acceptors (Lipinski definition) is 5. The summed E-state index contributed by atoms with van der Waals surface area (Å²) in [4.78, 5) is 33.8. The summed E-state index contributed by atoms with van der Waals surface area (Å²) < 4.78 is 1.83. The predicted octanol–water partition coefficient (Wildman–Crippen LogP) is 4.67. The van der Waals surface area contributed by atoms with Crippen LogP contribution in [0.15, 0.2) is 54.7 Å². The van der Waals surface area contributed by atoms with E-state index in [4.69, 9.17) is 4.98 Å². The van der Waals surface area contributed by atoms with Crippen molar-refractivity contribution in [3.8, 4) is 10.6 Å². The quantitative estimate of drug-likeness (QED) is 0.378. The molecule has 0 spiro atoms. The van der Waals surface area contributed by atoms with Crippen molar-refractivity contribution in [2.75, 3.05) is 0 Å². The average molecular weight is 488 g/mol. The summed E-state index contributed by atoms with van der Waals surface area (Å²) in [6, 6.07) is 15.3. The van der Waals surface area contributed by atoms with Crippen molar-refractivity contribution in [2.45, 2.75) is 58.2 Å². The minimum atomic E-state index is -0.679. The molecule has 0 aliphatic heterocycles. The number of carbonyl (C=O) groups excluding carboxylic acids is 2. The highest BCUT2D eigenvalue weighted by Crippen LogP contribution is 2.30. The number of hydrogen-bond donors (Lipinski definition) is 2. The molecule has 0 bridgehead atoms. The molecule has 3 heterocycles. The highest BCUT2D eigenvalue weighted by Gasteiger charge is 2.29. The highest BCUT2D eigenvalue weighted by atomic mass is 32.1. The molecular formula is C27H29N5O2S. The second kappa shape index (κ2) is 9.62. The van der Waals surface area contributed by atoms with Crippen LogP contribution in [0, 0.1) is 6.92 Å². The number of pyridine rings is 1. The van der Waals surface area contributed by atoms with Crippen molar-refractivity contribution in [2.24, 2.45) is 0 Å². The van der Waals surface area contributed by atoms with E-state index in [0.717, 1.165) is 29.0 Å². The first-order chi connectivity index (χ1) is 16.9. The third kappa shape index (κ3) is 5.12. The Hall–Kier alpha value is -3.52. The van der Waals surface area contributed by atoms with Crippen LogP contribution in [0.4, 0.5) is 0 Å². The zero-order valence-electron chi connectivity index (χ0n) is 20.1. The van der Waals surface area contributed by atoms with Gasteiger partial charge in [-0.25, -0.2) is 9.67 Å². The summed E-state index contributed by atoms with van der Waals surface area (Å²) in [7, 11) is 0. The van der Waals surface area contributed by atoms with Crippen LogP contribution >= 0.6 is 11.3 Å². The molecule has 0 radical (unpaired) electrons. The number of aromatic nitrogens is 3. The Morgan fingerprint density at radius 1 is 1.14 bits per heavy atom. The fourth-order valence-electron chi connectivity index (χ4n) is 4.11. The van der Waals surface area contributed by atoms with Crippen molar-refractivity contribution in [1.29, 1.82) is 0 Å². The first kappa shape index (κ1) is 23.2. The fourth-order valence-corrected chi connectivity index (χ4v) is 4.93. The molecule has 1 saturated carbocycles. The molecule has 8 heteroatoms. The van der Waals surface area contributed by atoms with E-state index in [0.29, 0.717) is 23.0 Å². The summed E-state index contributed by atoms with van der Waals surface area (Å²) in [5.41, 5.74) is 2.85. The predicted molar refractivity (Wildman–Crippen MR) is 139 cm³/mol. The number of nitrogens with zero attached hydrogens (tertiary/aromatic N) is 3. The van der Waals surface area contributed by atoms with E-state index < -0.39 is 6.04 Å². The van der Waals surface area contributed by atoms with Gasteiger partial charge in [-0.3, -0.25) is 9.59 Å². The van der Waals surface area contributed by atoms with Crippen molar-refractivity contribution in [1.82, 2.24) is 25.4 Å². The molecule has 1 aromatic carbocycles. The van der Waals surface area contributed by atoms with Crippen LogP contribution in [0.2, 0.25) is 0 Å². The summed E-state index contributed by atoms with van der Waals surface area (Å²) >= 11 is 1.63. The molecule has 35 heavy (non-hydrogen) atoms. The van der Waals surface area contributed by atoms with Crippen LogP contribution in [0.5, 0.6) is 0 Å². The van der Waals surface area contributed by atoms with Gasteiger partial charge in [0.05, 0.1) is 27.7 Å². The largest absolute Gasteiger partial charge is 0.352 e. The van der Waals surface area contributed by atoms with Crippen molar-refractivity contribution >= 4 is 34.2 Å². The van der Waals surface area contributed by atoms with E-state index in [9.17, 15) is 9.59 Å². The Balaban J connectivity index is 1.51. The zero-order chi connectivity index (χ0) is 24.5. The lowest BCUT2D eigenvalue weighted by Gasteiger charge is -2.19. The standard InChI is InChI=1S/C27H29N5O2S/c1-16(2)32-25-21(15-28-32)20(14-22(30-25)24-12-9-17(3)35-24)26(33)31-23(27(34)29-19-10-11-19)13-18-7-5-4-6-8-18/h4-9,12,14-16,19,23H,10-11,13H2,1-3H3,(H,29,34)(H,31,33). The Bertz CT molecular complexity index is 1370. The molecule has 1 aliphatic rings. The third-order valence-corrected chi connectivity index (χ3v) is 7.14. The molecule has 0 saturated heterocycles. The molecule has 1 aliphatic carbocycles. The number of carbonyl (C=O) groups is 2. The van der Waals surface area contributed by atoms with Gasteiger partial charge in [0, 0.05) is 23.4 Å². The Kier molecular flexibility index (Phi) is 6.38. The maximum Gasteiger partial charge on any atom is 0.252 e. The summed E-state index contributed by atoms with van der Waals surface area (Å²) in [6.07, 6.45) is 4.08. The molecule has 1 atom stereocenters. The number of nitrogens with one attached hydrogen (secondary N) is 2. The highest BCUT2D eigenvalue weighted by molar-refractivity contribution is 7.15. The minimum Gasteiger partial charge on any atom is -0.352 e. The SMILES string of the molecule is Cc1ccc(-c2cc(C(=O)NC(Cc3ccccc3)C(=O)NC3CC3)c3cnn(C(C)C)c3n2)s1. The van der Waals surface area contributed by atoms with Gasteiger partial charge in [0.25, 0.3) is 5.91 Å². The number of thiophene rings is 1. The van der Waals surface area contributed by atoms with Gasteiger partial charge in [-0.1, -0.05) is 30.3 Å². The van der Waals surface area contributed by atoms with Gasteiger partial charge in [0.15, 0.2) is 5.65 Å². The molecule has 1 fully saturated rings. The Labute approximate surface area is 208 Å². The number of aryl methyl sites for hydroxylation is 1. The smallest absolute Gasteiger partial charge is 0.252 e. The van der Waals surface area contributed by atoms with Gasteiger partial charge in [0.2, 0.25) is 5.91 Å². The maximum atomic E-state index is 13.7. The van der Waals surface area contributed by atoms with Gasteiger partial charge in [-0.05, 0) is 57.4 Å². The first-order valence-electron chi connectivity index (χ1n) is 12.0. The lowest BCUT2D eigenvalue weighted by Crippen LogP contribution is -2.48. The molecule has 4 aromatic rings. The minimum absolute atomic E-state index is 0.0892. The van der Waals surface area contributed by atoms with Gasteiger partial charge in [-0.15, -0.1) is 11.3 Å². The van der Waals surface area contributed by atoms with Gasteiger partial charge in [-0.2, -0.15) is 5.10 Å². The topological polar surface area (TPSA) is 88.9 Å². The van der Waals surface area contributed by atoms with Crippen LogP contribution in [0.1, 0.15) is 53.5 Å². The van der Waals surface area contributed by atoms with E-state index in [1.165, 1.54) is 4.88 Å². The number of rotatable bonds is 8. The van der Waals surface area contributed by atoms with Gasteiger partial charge < -0.3 is 10.6 Å². The normalized spacial score (nSPS) is 14.3. The average Bonchev–Trinajstić information content (AvgIpc) is 3.37. The Morgan fingerprint density at radius 3 is 2.57 bits per heavy atom. The van der Waals surface area contributed by atoms with E-state index >= 15 is 0 Å². The van der Waals surface area contributed by atoms with Crippen molar-refractivity contribution in [3.05, 3.63) is 70.7 Å². The second-order valence-corrected chi connectivity index (χ2v) is 10.7. The van der Waals surface area contributed by atoms with Crippen LogP contribution in [0.3, 0.4) is 0 Å². The number of benzene rings is 1. The Morgan fingerprint density at radius 2 is 1.91 bits per heavy atom. The van der Waals surface area contributed by atoms with Gasteiger partial charge >= 0.3 is 0 Å². The van der Waals surface area contributed by atoms with E-state index in [-0.39, 0.29) is 23.9 Å².